The van der Waals surface area contributed by atoms with Crippen LogP contribution in [-0.2, 0) is 14.3 Å². The molecule has 2 heterocycles. The molecule has 6 rings (SSSR count). The molecular formula is C27H40O4. The monoisotopic (exact) mass is 428 g/mol. The summed E-state index contributed by atoms with van der Waals surface area (Å²) in [6.07, 6.45) is 9.97. The Labute approximate surface area is 187 Å². The van der Waals surface area contributed by atoms with Crippen LogP contribution in [0, 0.1) is 46.3 Å². The van der Waals surface area contributed by atoms with Gasteiger partial charge in [0.05, 0.1) is 18.8 Å². The number of carbonyl (C=O) groups is 1. The summed E-state index contributed by atoms with van der Waals surface area (Å²) < 4.78 is 13.2. The van der Waals surface area contributed by atoms with Gasteiger partial charge in [-0.05, 0) is 67.6 Å². The van der Waals surface area contributed by atoms with Crippen molar-refractivity contribution in [2.24, 2.45) is 46.3 Å². The second-order valence-electron chi connectivity index (χ2n) is 12.5. The second kappa shape index (κ2) is 6.67. The van der Waals surface area contributed by atoms with Gasteiger partial charge in [-0.15, -0.1) is 0 Å². The maximum Gasteiger partial charge on any atom is 0.171 e. The van der Waals surface area contributed by atoms with Crippen LogP contribution in [0.2, 0.25) is 0 Å². The fourth-order valence-corrected chi connectivity index (χ4v) is 9.41. The SMILES string of the molecule is C[C@@H]1CC[C@@]2(OC1)O[C@@H]1C[C@H]3[C@@H]4CCC5=C[C@@H](O)CC[C@]5(C)[C@H]4CC(=O)[C@]3(C)[C@H]1[C@@H]2C. The van der Waals surface area contributed by atoms with Crippen LogP contribution in [0.1, 0.15) is 79.1 Å². The molecule has 11 atom stereocenters. The van der Waals surface area contributed by atoms with Crippen LogP contribution in [0.5, 0.6) is 0 Å². The highest BCUT2D eigenvalue weighted by Gasteiger charge is 2.71. The lowest BCUT2D eigenvalue weighted by molar-refractivity contribution is -0.272. The molecule has 4 aliphatic carbocycles. The standard InChI is InChI=1S/C27H40O4/c1-15-7-10-27(30-14-15)16(2)24-22(31-27)12-21-19-6-5-17-11-18(28)8-9-25(17,3)20(19)13-23(29)26(21,24)4/h11,15-16,18-22,24,28H,5-10,12-14H2,1-4H3/t15-,16+,18+,19-,20+,21+,22-,24+,25+,26-,27-/m1/s1. The van der Waals surface area contributed by atoms with E-state index in [1.807, 2.05) is 0 Å². The molecule has 5 fully saturated rings. The molecule has 6 aliphatic rings. The summed E-state index contributed by atoms with van der Waals surface area (Å²) in [6.45, 7) is 10.0. The van der Waals surface area contributed by atoms with E-state index in [9.17, 15) is 9.90 Å². The van der Waals surface area contributed by atoms with Crippen molar-refractivity contribution in [1.29, 1.82) is 0 Å². The number of aliphatic hydroxyl groups excluding tert-OH is 1. The summed E-state index contributed by atoms with van der Waals surface area (Å²) in [4.78, 5) is 14.0. The average Bonchev–Trinajstić information content (AvgIpc) is 3.18. The van der Waals surface area contributed by atoms with Crippen molar-refractivity contribution in [3.05, 3.63) is 11.6 Å². The predicted molar refractivity (Wildman–Crippen MR) is 118 cm³/mol. The van der Waals surface area contributed by atoms with Gasteiger partial charge in [-0.3, -0.25) is 4.79 Å². The van der Waals surface area contributed by atoms with E-state index in [-0.39, 0.29) is 34.9 Å². The summed E-state index contributed by atoms with van der Waals surface area (Å²) in [5, 5.41) is 10.2. The fraction of sp³-hybridized carbons (Fsp3) is 0.889. The van der Waals surface area contributed by atoms with E-state index in [0.717, 1.165) is 45.1 Å². The highest BCUT2D eigenvalue weighted by atomic mass is 16.7. The van der Waals surface area contributed by atoms with Gasteiger partial charge in [0.15, 0.2) is 5.79 Å². The Kier molecular flexibility index (Phi) is 4.49. The van der Waals surface area contributed by atoms with Crippen LogP contribution in [0.4, 0.5) is 0 Å². The minimum atomic E-state index is -0.457. The molecular weight excluding hydrogens is 388 g/mol. The van der Waals surface area contributed by atoms with Crippen molar-refractivity contribution in [1.82, 2.24) is 0 Å². The van der Waals surface area contributed by atoms with E-state index in [2.05, 4.69) is 33.8 Å². The Balaban J connectivity index is 1.32. The van der Waals surface area contributed by atoms with E-state index in [1.54, 1.807) is 0 Å². The molecule has 4 heteroatoms. The number of rotatable bonds is 0. The number of ketones is 1. The first kappa shape index (κ1) is 20.9. The number of aliphatic hydroxyl groups is 1. The number of carbonyl (C=O) groups excluding carboxylic acids is 1. The molecule has 0 amide bonds. The molecule has 3 saturated carbocycles. The molecule has 2 aliphatic heterocycles. The predicted octanol–water partition coefficient (Wildman–Crippen LogP) is 4.89. The van der Waals surface area contributed by atoms with Crippen molar-refractivity contribution >= 4 is 5.78 Å². The Hall–Kier alpha value is -0.710. The number of fused-ring (bicyclic) bond motifs is 7. The first-order chi connectivity index (χ1) is 14.7. The van der Waals surface area contributed by atoms with Gasteiger partial charge < -0.3 is 14.6 Å². The quantitative estimate of drug-likeness (QED) is 0.558. The topological polar surface area (TPSA) is 55.8 Å². The molecule has 1 spiro atoms. The Morgan fingerprint density at radius 3 is 2.65 bits per heavy atom. The number of Topliss-reactive ketones (excluding diaryl/α,β-unsaturated/α-hetero) is 1. The van der Waals surface area contributed by atoms with Crippen molar-refractivity contribution in [2.75, 3.05) is 6.61 Å². The van der Waals surface area contributed by atoms with Gasteiger partial charge in [0.1, 0.15) is 5.78 Å². The second-order valence-corrected chi connectivity index (χ2v) is 12.5. The van der Waals surface area contributed by atoms with Gasteiger partial charge >= 0.3 is 0 Å². The molecule has 0 radical (unpaired) electrons. The van der Waals surface area contributed by atoms with Crippen molar-refractivity contribution in [3.8, 4) is 0 Å². The zero-order chi connectivity index (χ0) is 21.8. The molecule has 1 N–H and O–H groups in total. The number of hydrogen-bond donors (Lipinski definition) is 1. The van der Waals surface area contributed by atoms with Gasteiger partial charge in [0, 0.05) is 30.1 Å². The summed E-state index contributed by atoms with van der Waals surface area (Å²) >= 11 is 0. The van der Waals surface area contributed by atoms with Crippen molar-refractivity contribution < 1.29 is 19.4 Å². The largest absolute Gasteiger partial charge is 0.389 e. The Morgan fingerprint density at radius 1 is 1.10 bits per heavy atom. The number of allylic oxidation sites excluding steroid dienone is 1. The molecule has 0 aromatic heterocycles. The van der Waals surface area contributed by atoms with E-state index >= 15 is 0 Å². The Morgan fingerprint density at radius 2 is 1.90 bits per heavy atom. The van der Waals surface area contributed by atoms with Crippen LogP contribution < -0.4 is 0 Å². The molecule has 4 nitrogen and oxygen atoms in total. The van der Waals surface area contributed by atoms with Crippen LogP contribution >= 0.6 is 0 Å². The van der Waals surface area contributed by atoms with E-state index < -0.39 is 5.79 Å². The summed E-state index contributed by atoms with van der Waals surface area (Å²) in [7, 11) is 0. The van der Waals surface area contributed by atoms with Crippen LogP contribution in [0.3, 0.4) is 0 Å². The third-order valence-corrected chi connectivity index (χ3v) is 11.2. The maximum absolute atomic E-state index is 14.0. The third kappa shape index (κ3) is 2.62. The summed E-state index contributed by atoms with van der Waals surface area (Å²) in [6, 6.07) is 0. The zero-order valence-corrected chi connectivity index (χ0v) is 19.7. The molecule has 0 aromatic rings. The molecule has 31 heavy (non-hydrogen) atoms. The average molecular weight is 429 g/mol. The smallest absolute Gasteiger partial charge is 0.171 e. The highest BCUT2D eigenvalue weighted by Crippen LogP contribution is 2.69. The lowest BCUT2D eigenvalue weighted by Gasteiger charge is -2.58. The van der Waals surface area contributed by atoms with Crippen molar-refractivity contribution in [3.63, 3.8) is 0 Å². The van der Waals surface area contributed by atoms with Crippen LogP contribution in [0.25, 0.3) is 0 Å². The summed E-state index contributed by atoms with van der Waals surface area (Å²) in [5.41, 5.74) is 1.25. The minimum Gasteiger partial charge on any atom is -0.389 e. The normalized spacial score (nSPS) is 58.4. The minimum absolute atomic E-state index is 0.0904. The lowest BCUT2D eigenvalue weighted by atomic mass is 9.46. The fourth-order valence-electron chi connectivity index (χ4n) is 9.41. The Bertz CT molecular complexity index is 810. The number of hydrogen-bond acceptors (Lipinski definition) is 4. The van der Waals surface area contributed by atoms with Crippen LogP contribution in [0.15, 0.2) is 11.6 Å². The molecule has 0 aromatic carbocycles. The van der Waals surface area contributed by atoms with E-state index in [4.69, 9.17) is 9.47 Å². The van der Waals surface area contributed by atoms with Gasteiger partial charge in [-0.1, -0.05) is 39.3 Å². The van der Waals surface area contributed by atoms with Crippen LogP contribution in [-0.4, -0.2) is 35.5 Å². The molecule has 0 bridgehead atoms. The zero-order valence-electron chi connectivity index (χ0n) is 19.7. The van der Waals surface area contributed by atoms with E-state index in [0.29, 0.717) is 35.9 Å². The molecule has 2 saturated heterocycles. The van der Waals surface area contributed by atoms with Gasteiger partial charge in [0.2, 0.25) is 0 Å². The maximum atomic E-state index is 14.0. The first-order valence-corrected chi connectivity index (χ1v) is 12.9. The summed E-state index contributed by atoms with van der Waals surface area (Å²) in [5.74, 6) is 2.66. The lowest BCUT2D eigenvalue weighted by Crippen LogP contribution is -2.56. The highest BCUT2D eigenvalue weighted by molar-refractivity contribution is 5.87. The van der Waals surface area contributed by atoms with Crippen molar-refractivity contribution in [2.45, 2.75) is 97.1 Å². The van der Waals surface area contributed by atoms with Gasteiger partial charge in [-0.2, -0.15) is 0 Å². The third-order valence-electron chi connectivity index (χ3n) is 11.2. The first-order valence-electron chi connectivity index (χ1n) is 12.9. The molecule has 0 unspecified atom stereocenters. The van der Waals surface area contributed by atoms with Gasteiger partial charge in [0.25, 0.3) is 0 Å². The number of ether oxygens (including phenoxy) is 2. The van der Waals surface area contributed by atoms with Gasteiger partial charge in [-0.25, -0.2) is 0 Å². The van der Waals surface area contributed by atoms with E-state index in [1.165, 1.54) is 12.0 Å². The molecule has 172 valence electrons.